The first-order valence-corrected chi connectivity index (χ1v) is 12.8. The largest absolute Gasteiger partial charge is 0.352 e. The van der Waals surface area contributed by atoms with Crippen LogP contribution in [0.2, 0.25) is 0 Å². The summed E-state index contributed by atoms with van der Waals surface area (Å²) in [7, 11) is 0. The summed E-state index contributed by atoms with van der Waals surface area (Å²) in [6.45, 7) is 19.7. The molecule has 0 fully saturated rings. The summed E-state index contributed by atoms with van der Waals surface area (Å²) in [6, 6.07) is 13.8. The van der Waals surface area contributed by atoms with E-state index < -0.39 is 35.2 Å². The highest BCUT2D eigenvalue weighted by Gasteiger charge is 2.44. The molecular weight excluding hydrogens is 476 g/mol. The van der Waals surface area contributed by atoms with Gasteiger partial charge in [0.25, 0.3) is 0 Å². The van der Waals surface area contributed by atoms with Crippen molar-refractivity contribution < 1.29 is 19.2 Å². The fraction of sp³-hybridized carbons (Fsp3) is 0.375. The molecule has 2 rings (SSSR count). The van der Waals surface area contributed by atoms with Crippen molar-refractivity contribution in [2.24, 2.45) is 11.8 Å². The zero-order valence-electron chi connectivity index (χ0n) is 23.4. The molecule has 0 radical (unpaired) electrons. The molecule has 0 bridgehead atoms. The molecule has 0 unspecified atom stereocenters. The van der Waals surface area contributed by atoms with Gasteiger partial charge in [-0.15, -0.1) is 13.2 Å². The van der Waals surface area contributed by atoms with Crippen molar-refractivity contribution in [1.29, 1.82) is 0 Å². The Morgan fingerprint density at radius 1 is 0.632 bits per heavy atom. The maximum Gasteiger partial charge on any atom is 0.232 e. The minimum atomic E-state index is -1.57. The first-order valence-electron chi connectivity index (χ1n) is 12.8. The van der Waals surface area contributed by atoms with Crippen LogP contribution in [0.25, 0.3) is 0 Å². The second-order valence-electron chi connectivity index (χ2n) is 11.4. The second kappa shape index (κ2) is 12.6. The lowest BCUT2D eigenvalue weighted by Gasteiger charge is -2.25. The van der Waals surface area contributed by atoms with Gasteiger partial charge in [0, 0.05) is 24.2 Å². The number of carbonyl (C=O) groups is 4. The van der Waals surface area contributed by atoms with Crippen LogP contribution in [0.15, 0.2) is 73.8 Å². The summed E-state index contributed by atoms with van der Waals surface area (Å²) in [5.74, 6) is -5.79. The van der Waals surface area contributed by atoms with E-state index in [0.29, 0.717) is 0 Å². The summed E-state index contributed by atoms with van der Waals surface area (Å²) >= 11 is 0. The van der Waals surface area contributed by atoms with Crippen molar-refractivity contribution in [2.45, 2.75) is 52.4 Å². The predicted octanol–water partition coefficient (Wildman–Crippen LogP) is 5.18. The highest BCUT2D eigenvalue weighted by Crippen LogP contribution is 2.28. The quantitative estimate of drug-likeness (QED) is 0.244. The zero-order valence-corrected chi connectivity index (χ0v) is 23.4. The standard InChI is InChI=1S/C32H40N2O4/c1-9-19-33-29(37)25(27(35)21-11-15-23(16-12-21)31(3,4)5)26(30(38)34-20-10-2)28(36)22-13-17-24(18-14-22)32(6,7)8/h9-18,25-26H,1-2,19-20H2,3-8H3,(H,33,37)(H,34,38)/t25-,26-/m1/s1. The van der Waals surface area contributed by atoms with Crippen molar-refractivity contribution in [1.82, 2.24) is 10.6 Å². The molecule has 0 aliphatic rings. The molecule has 6 heteroatoms. The van der Waals surface area contributed by atoms with E-state index in [4.69, 9.17) is 0 Å². The minimum Gasteiger partial charge on any atom is -0.352 e. The van der Waals surface area contributed by atoms with Crippen molar-refractivity contribution >= 4 is 23.4 Å². The maximum atomic E-state index is 13.8. The average molecular weight is 517 g/mol. The van der Waals surface area contributed by atoms with Gasteiger partial charge in [-0.1, -0.05) is 102 Å². The number of amides is 2. The molecule has 0 saturated heterocycles. The van der Waals surface area contributed by atoms with Crippen molar-refractivity contribution in [2.75, 3.05) is 13.1 Å². The smallest absolute Gasteiger partial charge is 0.232 e. The van der Waals surface area contributed by atoms with Crippen LogP contribution >= 0.6 is 0 Å². The number of ketones is 2. The average Bonchev–Trinajstić information content (AvgIpc) is 2.87. The van der Waals surface area contributed by atoms with E-state index in [1.165, 1.54) is 12.2 Å². The third kappa shape index (κ3) is 7.60. The molecule has 0 spiro atoms. The molecule has 2 atom stereocenters. The third-order valence-electron chi connectivity index (χ3n) is 6.38. The molecule has 2 N–H and O–H groups in total. The SMILES string of the molecule is C=CCNC(=O)[C@@H](C(=O)c1ccc(C(C)(C)C)cc1)[C@@H](C(=O)NCC=C)C(=O)c1ccc(C(C)(C)C)cc1. The van der Waals surface area contributed by atoms with Crippen molar-refractivity contribution in [3.63, 3.8) is 0 Å². The highest BCUT2D eigenvalue weighted by atomic mass is 16.2. The van der Waals surface area contributed by atoms with Crippen LogP contribution in [0.3, 0.4) is 0 Å². The normalized spacial score (nSPS) is 13.1. The Hall–Kier alpha value is -3.80. The Balaban J connectivity index is 2.61. The lowest BCUT2D eigenvalue weighted by molar-refractivity contribution is -0.131. The lowest BCUT2D eigenvalue weighted by Crippen LogP contribution is -2.49. The first-order chi connectivity index (χ1) is 17.7. The Labute approximate surface area is 226 Å². The molecule has 0 aromatic heterocycles. The van der Waals surface area contributed by atoms with Gasteiger partial charge < -0.3 is 10.6 Å². The topological polar surface area (TPSA) is 92.3 Å². The molecule has 0 aliphatic heterocycles. The van der Waals surface area contributed by atoms with E-state index in [-0.39, 0.29) is 35.0 Å². The molecule has 0 saturated carbocycles. The Morgan fingerprint density at radius 3 is 1.16 bits per heavy atom. The van der Waals surface area contributed by atoms with E-state index in [1.54, 1.807) is 24.3 Å². The summed E-state index contributed by atoms with van der Waals surface area (Å²) < 4.78 is 0. The van der Waals surface area contributed by atoms with E-state index in [0.717, 1.165) is 11.1 Å². The summed E-state index contributed by atoms with van der Waals surface area (Å²) in [4.78, 5) is 54.3. The molecule has 6 nitrogen and oxygen atoms in total. The van der Waals surface area contributed by atoms with Crippen LogP contribution in [-0.2, 0) is 20.4 Å². The number of nitrogens with one attached hydrogen (secondary N) is 2. The lowest BCUT2D eigenvalue weighted by atomic mass is 9.78. The maximum absolute atomic E-state index is 13.8. The first kappa shape index (κ1) is 30.4. The van der Waals surface area contributed by atoms with Gasteiger partial charge in [-0.05, 0) is 22.0 Å². The third-order valence-corrected chi connectivity index (χ3v) is 6.38. The summed E-state index contributed by atoms with van der Waals surface area (Å²) in [5.41, 5.74) is 2.24. The van der Waals surface area contributed by atoms with E-state index in [1.807, 2.05) is 24.3 Å². The molecule has 2 aromatic rings. The molecule has 2 amide bonds. The monoisotopic (exact) mass is 516 g/mol. The summed E-state index contributed by atoms with van der Waals surface area (Å²) in [6.07, 6.45) is 2.94. The molecule has 202 valence electrons. The van der Waals surface area contributed by atoms with Gasteiger partial charge in [0.15, 0.2) is 11.6 Å². The number of hydrogen-bond donors (Lipinski definition) is 2. The van der Waals surface area contributed by atoms with Gasteiger partial charge in [0.1, 0.15) is 11.8 Å². The molecular formula is C32H40N2O4. The molecule has 38 heavy (non-hydrogen) atoms. The number of rotatable bonds is 11. The van der Waals surface area contributed by atoms with Gasteiger partial charge in [-0.2, -0.15) is 0 Å². The summed E-state index contributed by atoms with van der Waals surface area (Å²) in [5, 5.41) is 5.23. The minimum absolute atomic E-state index is 0.0844. The van der Waals surface area contributed by atoms with Gasteiger partial charge in [-0.3, -0.25) is 19.2 Å². The van der Waals surface area contributed by atoms with Gasteiger partial charge in [-0.25, -0.2) is 0 Å². The van der Waals surface area contributed by atoms with E-state index in [9.17, 15) is 19.2 Å². The highest BCUT2D eigenvalue weighted by molar-refractivity contribution is 6.20. The number of hydrogen-bond acceptors (Lipinski definition) is 4. The van der Waals surface area contributed by atoms with E-state index in [2.05, 4.69) is 65.3 Å². The van der Waals surface area contributed by atoms with Crippen LogP contribution in [-0.4, -0.2) is 36.5 Å². The number of Topliss-reactive ketones (excluding diaryl/α,β-unsaturated/α-hetero) is 2. The van der Waals surface area contributed by atoms with Crippen LogP contribution in [0.1, 0.15) is 73.4 Å². The molecule has 0 heterocycles. The van der Waals surface area contributed by atoms with Crippen LogP contribution in [0.4, 0.5) is 0 Å². The number of carbonyl (C=O) groups excluding carboxylic acids is 4. The Morgan fingerprint density at radius 2 is 0.921 bits per heavy atom. The van der Waals surface area contributed by atoms with Crippen LogP contribution in [0.5, 0.6) is 0 Å². The number of benzene rings is 2. The molecule has 0 aliphatic carbocycles. The van der Waals surface area contributed by atoms with Crippen molar-refractivity contribution in [3.8, 4) is 0 Å². The van der Waals surface area contributed by atoms with Crippen LogP contribution in [0, 0.1) is 11.8 Å². The van der Waals surface area contributed by atoms with Gasteiger partial charge >= 0.3 is 0 Å². The van der Waals surface area contributed by atoms with E-state index >= 15 is 0 Å². The van der Waals surface area contributed by atoms with Crippen LogP contribution < -0.4 is 10.6 Å². The van der Waals surface area contributed by atoms with Crippen molar-refractivity contribution in [3.05, 3.63) is 96.1 Å². The predicted molar refractivity (Wildman–Crippen MR) is 152 cm³/mol. The zero-order chi connectivity index (χ0) is 28.7. The Kier molecular flexibility index (Phi) is 10.1. The Bertz CT molecular complexity index is 1080. The second-order valence-corrected chi connectivity index (χ2v) is 11.4. The van der Waals surface area contributed by atoms with Gasteiger partial charge in [0.2, 0.25) is 11.8 Å². The van der Waals surface area contributed by atoms with Gasteiger partial charge in [0.05, 0.1) is 0 Å². The molecule has 2 aromatic carbocycles. The fourth-order valence-electron chi connectivity index (χ4n) is 4.04. The fourth-order valence-corrected chi connectivity index (χ4v) is 4.04.